The Bertz CT molecular complexity index is 1600. The van der Waals surface area contributed by atoms with E-state index >= 15 is 4.39 Å². The average molecular weight is 584 g/mol. The van der Waals surface area contributed by atoms with Crippen LogP contribution in [0.5, 0.6) is 5.75 Å². The summed E-state index contributed by atoms with van der Waals surface area (Å²) in [7, 11) is 1.55. The monoisotopic (exact) mass is 583 g/mol. The van der Waals surface area contributed by atoms with Crippen LogP contribution in [0.1, 0.15) is 37.3 Å². The summed E-state index contributed by atoms with van der Waals surface area (Å²) in [6.45, 7) is 3.23. The maximum Gasteiger partial charge on any atom is 0.354 e. The van der Waals surface area contributed by atoms with Gasteiger partial charge in [-0.1, -0.05) is 17.7 Å². The normalized spacial score (nSPS) is 12.0. The first-order valence-electron chi connectivity index (χ1n) is 13.3. The van der Waals surface area contributed by atoms with Crippen LogP contribution in [-0.2, 0) is 17.8 Å². The fourth-order valence-electron chi connectivity index (χ4n) is 4.50. The number of rotatable bonds is 13. The maximum absolute atomic E-state index is 15.1. The molecule has 0 saturated carbocycles. The van der Waals surface area contributed by atoms with E-state index in [1.807, 2.05) is 13.0 Å². The van der Waals surface area contributed by atoms with Crippen molar-refractivity contribution in [3.05, 3.63) is 75.0 Å². The number of hydrogen-bond acceptors (Lipinski definition) is 6. The predicted octanol–water partition coefficient (Wildman–Crippen LogP) is 4.03. The van der Waals surface area contributed by atoms with Gasteiger partial charge in [0.1, 0.15) is 11.4 Å². The molecule has 4 rings (SSSR count). The summed E-state index contributed by atoms with van der Waals surface area (Å²) in [5.74, 6) is 0.0739. The van der Waals surface area contributed by atoms with Gasteiger partial charge in [-0.25, -0.2) is 9.18 Å². The van der Waals surface area contributed by atoms with Crippen LogP contribution < -0.4 is 27.6 Å². The number of guanidine groups is 1. The molecule has 2 aromatic carbocycles. The molecule has 0 aliphatic heterocycles. The van der Waals surface area contributed by atoms with Gasteiger partial charge in [0.2, 0.25) is 0 Å². The van der Waals surface area contributed by atoms with E-state index in [2.05, 4.69) is 15.0 Å². The number of aromatic nitrogens is 3. The first-order chi connectivity index (χ1) is 19.7. The first kappa shape index (κ1) is 30.0. The molecule has 0 spiro atoms. The van der Waals surface area contributed by atoms with Crippen LogP contribution in [0.4, 0.5) is 4.39 Å². The number of benzene rings is 2. The van der Waals surface area contributed by atoms with Crippen LogP contribution in [0.2, 0.25) is 5.02 Å². The second kappa shape index (κ2) is 13.6. The summed E-state index contributed by atoms with van der Waals surface area (Å²) in [6, 6.07) is 10.6. The van der Waals surface area contributed by atoms with Gasteiger partial charge in [-0.15, -0.1) is 0 Å². The lowest BCUT2D eigenvalue weighted by Gasteiger charge is -2.12. The van der Waals surface area contributed by atoms with Gasteiger partial charge in [0.15, 0.2) is 11.8 Å². The van der Waals surface area contributed by atoms with Gasteiger partial charge < -0.3 is 31.7 Å². The molecule has 0 radical (unpaired) electrons. The number of aromatic amines is 1. The fraction of sp³-hybridized carbons (Fsp3) is 0.345. The molecule has 4 aromatic rings. The van der Waals surface area contributed by atoms with Crippen LogP contribution in [0, 0.1) is 5.82 Å². The molecule has 0 fully saturated rings. The second-order valence-electron chi connectivity index (χ2n) is 9.90. The van der Waals surface area contributed by atoms with Gasteiger partial charge in [-0.05, 0) is 62.4 Å². The van der Waals surface area contributed by atoms with Crippen molar-refractivity contribution in [1.82, 2.24) is 14.5 Å². The Hall–Kier alpha value is -3.93. The van der Waals surface area contributed by atoms with E-state index in [4.69, 9.17) is 38.3 Å². The van der Waals surface area contributed by atoms with Gasteiger partial charge in [0, 0.05) is 48.0 Å². The van der Waals surface area contributed by atoms with Crippen LogP contribution >= 0.6 is 11.6 Å². The van der Waals surface area contributed by atoms with E-state index in [1.165, 1.54) is 4.57 Å². The van der Waals surface area contributed by atoms with E-state index in [-0.39, 0.29) is 17.0 Å². The third-order valence-electron chi connectivity index (χ3n) is 6.56. The maximum atomic E-state index is 15.1. The number of nitrogens with two attached hydrogens (primary N) is 3. The summed E-state index contributed by atoms with van der Waals surface area (Å²) in [5, 5.41) is 0.666. The lowest BCUT2D eigenvalue weighted by molar-refractivity contribution is 0.118. The Kier molecular flexibility index (Phi) is 9.98. The molecule has 1 atom stereocenters. The van der Waals surface area contributed by atoms with E-state index < -0.39 is 11.5 Å². The number of fused-ring (bicyclic) bond motifs is 1. The number of hydrogen-bond donors (Lipinski definition) is 4. The van der Waals surface area contributed by atoms with Crippen molar-refractivity contribution in [3.8, 4) is 22.7 Å². The van der Waals surface area contributed by atoms with E-state index in [0.29, 0.717) is 59.9 Å². The SMILES string of the molecule is COc1cc(-n2cc3cc(-c4cc(CCCC(C)N)cc(Cl)c4F)[nH]c3nc2=O)ccc1COCCCN=C(N)N. The van der Waals surface area contributed by atoms with Gasteiger partial charge in [-0.2, -0.15) is 4.98 Å². The molecule has 0 aliphatic rings. The highest BCUT2D eigenvalue weighted by molar-refractivity contribution is 6.31. The second-order valence-corrected chi connectivity index (χ2v) is 10.3. The van der Waals surface area contributed by atoms with Gasteiger partial charge in [0.25, 0.3) is 0 Å². The van der Waals surface area contributed by atoms with Crippen molar-refractivity contribution in [2.24, 2.45) is 22.2 Å². The Morgan fingerprint density at radius 3 is 2.76 bits per heavy atom. The Labute approximate surface area is 242 Å². The van der Waals surface area contributed by atoms with Crippen LogP contribution in [0.3, 0.4) is 0 Å². The summed E-state index contributed by atoms with van der Waals surface area (Å²) in [4.78, 5) is 24.2. The van der Waals surface area contributed by atoms with Crippen LogP contribution in [0.25, 0.3) is 28.0 Å². The topological polar surface area (TPSA) is 160 Å². The predicted molar refractivity (Wildman–Crippen MR) is 160 cm³/mol. The molecule has 7 N–H and O–H groups in total. The van der Waals surface area contributed by atoms with Gasteiger partial charge in [-0.3, -0.25) is 9.56 Å². The highest BCUT2D eigenvalue weighted by Gasteiger charge is 2.16. The molecule has 2 heterocycles. The Morgan fingerprint density at radius 1 is 1.22 bits per heavy atom. The highest BCUT2D eigenvalue weighted by atomic mass is 35.5. The number of aryl methyl sites for hydroxylation is 1. The van der Waals surface area contributed by atoms with Crippen LogP contribution in [-0.4, -0.2) is 46.8 Å². The zero-order chi connectivity index (χ0) is 29.5. The zero-order valence-electron chi connectivity index (χ0n) is 23.1. The molecule has 0 amide bonds. The molecular weight excluding hydrogens is 549 g/mol. The summed E-state index contributed by atoms with van der Waals surface area (Å²) < 4.78 is 27.7. The van der Waals surface area contributed by atoms with E-state index in [0.717, 1.165) is 30.4 Å². The van der Waals surface area contributed by atoms with Crippen molar-refractivity contribution in [2.45, 2.75) is 45.3 Å². The molecule has 0 bridgehead atoms. The molecule has 10 nitrogen and oxygen atoms in total. The summed E-state index contributed by atoms with van der Waals surface area (Å²) >= 11 is 6.23. The average Bonchev–Trinajstić information content (AvgIpc) is 3.34. The molecule has 218 valence electrons. The summed E-state index contributed by atoms with van der Waals surface area (Å²) in [6.07, 6.45) is 4.77. The van der Waals surface area contributed by atoms with Gasteiger partial charge >= 0.3 is 5.69 Å². The number of aliphatic imine (C=N–C) groups is 1. The van der Waals surface area contributed by atoms with Crippen molar-refractivity contribution in [1.29, 1.82) is 0 Å². The largest absolute Gasteiger partial charge is 0.496 e. The fourth-order valence-corrected chi connectivity index (χ4v) is 4.74. The Balaban J connectivity index is 1.57. The van der Waals surface area contributed by atoms with Gasteiger partial charge in [0.05, 0.1) is 30.1 Å². The van der Waals surface area contributed by atoms with Crippen molar-refractivity contribution in [3.63, 3.8) is 0 Å². The quantitative estimate of drug-likeness (QED) is 0.105. The Morgan fingerprint density at radius 2 is 2.02 bits per heavy atom. The molecular formula is C29H35ClFN7O3. The minimum atomic E-state index is -0.539. The number of H-pyrrole nitrogens is 1. The first-order valence-corrected chi connectivity index (χ1v) is 13.7. The number of nitrogens with zero attached hydrogens (tertiary/aromatic N) is 3. The molecule has 2 aromatic heterocycles. The summed E-state index contributed by atoms with van der Waals surface area (Å²) in [5.41, 5.74) is 19.4. The minimum Gasteiger partial charge on any atom is -0.496 e. The van der Waals surface area contributed by atoms with Crippen LogP contribution in [0.15, 0.2) is 52.4 Å². The van der Waals surface area contributed by atoms with E-state index in [9.17, 15) is 4.79 Å². The van der Waals surface area contributed by atoms with E-state index in [1.54, 1.807) is 43.6 Å². The molecule has 0 saturated heterocycles. The lowest BCUT2D eigenvalue weighted by atomic mass is 10.0. The number of ether oxygens (including phenoxy) is 2. The molecule has 1 unspecified atom stereocenters. The van der Waals surface area contributed by atoms with Crippen molar-refractivity contribution in [2.75, 3.05) is 20.3 Å². The smallest absolute Gasteiger partial charge is 0.354 e. The molecule has 0 aliphatic carbocycles. The van der Waals surface area contributed by atoms with Crippen molar-refractivity contribution >= 4 is 28.6 Å². The van der Waals surface area contributed by atoms with Crippen molar-refractivity contribution < 1.29 is 13.9 Å². The third-order valence-corrected chi connectivity index (χ3v) is 6.83. The number of halogens is 2. The minimum absolute atomic E-state index is 0.0365. The standard InChI is InChI=1S/C29H35ClFN7O3/c1-17(32)5-3-6-18-11-22(26(31)23(30)12-18)24-13-20-15-38(29(39)37-27(20)36-24)21-8-7-19(25(14-21)40-2)16-41-10-4-9-35-28(33)34/h7-8,11-15,17H,3-6,9-10,16,32H2,1-2H3,(H4,33,34,35)(H,36,37,39). The number of methoxy groups -OCH3 is 1. The highest BCUT2D eigenvalue weighted by Crippen LogP contribution is 2.31. The molecule has 41 heavy (non-hydrogen) atoms. The molecule has 12 heteroatoms. The zero-order valence-corrected chi connectivity index (χ0v) is 23.9. The lowest BCUT2D eigenvalue weighted by Crippen LogP contribution is -2.23. The number of nitrogens with one attached hydrogen (secondary N) is 1. The third kappa shape index (κ3) is 7.63.